The molecule has 5 nitrogen and oxygen atoms in total. The molecule has 2 rings (SSSR count). The van der Waals surface area contributed by atoms with Crippen molar-refractivity contribution in [1.82, 2.24) is 9.78 Å². The molecule has 0 saturated carbocycles. The van der Waals surface area contributed by atoms with Crippen LogP contribution < -0.4 is 10.5 Å². The van der Waals surface area contributed by atoms with E-state index in [1.165, 1.54) is 0 Å². The summed E-state index contributed by atoms with van der Waals surface area (Å²) >= 11 is 3.54. The quantitative estimate of drug-likeness (QED) is 0.651. The number of nitrogens with two attached hydrogens (primary N) is 1. The summed E-state index contributed by atoms with van der Waals surface area (Å²) in [5.74, 6) is 0.794. The van der Waals surface area contributed by atoms with Crippen LogP contribution in [0, 0.1) is 12.3 Å². The highest BCUT2D eigenvalue weighted by molar-refractivity contribution is 9.10. The fraction of sp³-hybridized carbons (Fsp3) is 0.286. The Kier molecular flexibility index (Phi) is 4.44. The first-order valence-electron chi connectivity index (χ1n) is 6.32. The minimum absolute atomic E-state index is 0.0546. The van der Waals surface area contributed by atoms with Crippen LogP contribution in [0.15, 0.2) is 28.7 Å². The molecule has 0 radical (unpaired) electrons. The number of aromatic nitrogens is 2. The largest absolute Gasteiger partial charge is 0.487 e. The van der Waals surface area contributed by atoms with Crippen molar-refractivity contribution in [3.8, 4) is 5.75 Å². The number of hydrogen-bond acceptors (Lipinski definition) is 3. The van der Waals surface area contributed by atoms with Gasteiger partial charge < -0.3 is 10.5 Å². The van der Waals surface area contributed by atoms with E-state index in [9.17, 15) is 0 Å². The second kappa shape index (κ2) is 6.09. The van der Waals surface area contributed by atoms with Crippen LogP contribution in [0.3, 0.4) is 0 Å². The summed E-state index contributed by atoms with van der Waals surface area (Å²) in [6.07, 6.45) is 0. The lowest BCUT2D eigenvalue weighted by atomic mass is 10.2. The van der Waals surface area contributed by atoms with E-state index in [0.29, 0.717) is 12.2 Å². The summed E-state index contributed by atoms with van der Waals surface area (Å²) in [6.45, 7) is 5.24. The van der Waals surface area contributed by atoms with Crippen molar-refractivity contribution < 1.29 is 4.74 Å². The molecule has 0 saturated heterocycles. The lowest BCUT2D eigenvalue weighted by molar-refractivity contribution is 0.291. The van der Waals surface area contributed by atoms with Gasteiger partial charge >= 0.3 is 0 Å². The summed E-state index contributed by atoms with van der Waals surface area (Å²) in [4.78, 5) is 0. The van der Waals surface area contributed by atoms with Crippen LogP contribution in [-0.2, 0) is 13.2 Å². The minimum atomic E-state index is 0.0546. The van der Waals surface area contributed by atoms with Gasteiger partial charge in [0.25, 0.3) is 0 Å². The Hall–Kier alpha value is -1.82. The van der Waals surface area contributed by atoms with Crippen molar-refractivity contribution in [2.75, 3.05) is 0 Å². The molecule has 0 atom stereocenters. The Morgan fingerprint density at radius 2 is 2.05 bits per heavy atom. The molecule has 2 aromatic rings. The van der Waals surface area contributed by atoms with Gasteiger partial charge in [-0.2, -0.15) is 5.10 Å². The van der Waals surface area contributed by atoms with Crippen LogP contribution in [0.2, 0.25) is 0 Å². The van der Waals surface area contributed by atoms with E-state index in [1.807, 2.05) is 30.7 Å². The van der Waals surface area contributed by atoms with Crippen molar-refractivity contribution in [3.05, 3.63) is 45.7 Å². The first-order valence-corrected chi connectivity index (χ1v) is 7.11. The number of benzene rings is 1. The number of nitrogens with zero attached hydrogens (tertiary/aromatic N) is 2. The lowest BCUT2D eigenvalue weighted by Crippen LogP contribution is -2.10. The van der Waals surface area contributed by atoms with Crippen molar-refractivity contribution in [2.45, 2.75) is 27.0 Å². The van der Waals surface area contributed by atoms with E-state index in [-0.39, 0.29) is 5.84 Å². The molecule has 1 heterocycles. The fourth-order valence-corrected chi connectivity index (χ4v) is 2.29. The van der Waals surface area contributed by atoms with Crippen LogP contribution in [0.25, 0.3) is 0 Å². The van der Waals surface area contributed by atoms with E-state index < -0.39 is 0 Å². The number of hydrogen-bond donors (Lipinski definition) is 2. The van der Waals surface area contributed by atoms with Gasteiger partial charge in [-0.1, -0.05) is 0 Å². The van der Waals surface area contributed by atoms with Gasteiger partial charge in [0.2, 0.25) is 0 Å². The molecule has 0 aliphatic heterocycles. The summed E-state index contributed by atoms with van der Waals surface area (Å²) in [5.41, 5.74) is 8.07. The number of nitrogen functional groups attached to an aromatic ring is 1. The van der Waals surface area contributed by atoms with Crippen LogP contribution in [0.4, 0.5) is 0 Å². The summed E-state index contributed by atoms with van der Waals surface area (Å²) in [6, 6.07) is 7.17. The summed E-state index contributed by atoms with van der Waals surface area (Å²) in [5, 5.41) is 11.8. The Balaban J connectivity index is 2.10. The molecule has 0 aliphatic rings. The zero-order chi connectivity index (χ0) is 14.7. The first-order chi connectivity index (χ1) is 9.52. The standard InChI is InChI=1S/C14H17BrN4O/c1-3-19-12(13(15)9(2)18-19)8-20-11-6-4-10(5-7-11)14(16)17/h4-7H,3,8H2,1-2H3,(H3,16,17). The van der Waals surface area contributed by atoms with Gasteiger partial charge in [0, 0.05) is 12.1 Å². The molecule has 0 amide bonds. The maximum absolute atomic E-state index is 7.35. The Bertz CT molecular complexity index is 619. The van der Waals surface area contributed by atoms with Crippen molar-refractivity contribution in [3.63, 3.8) is 0 Å². The molecule has 0 aliphatic carbocycles. The van der Waals surface area contributed by atoms with Crippen LogP contribution in [0.1, 0.15) is 23.9 Å². The van der Waals surface area contributed by atoms with Gasteiger partial charge in [0.15, 0.2) is 0 Å². The van der Waals surface area contributed by atoms with E-state index in [4.69, 9.17) is 15.9 Å². The van der Waals surface area contributed by atoms with Crippen molar-refractivity contribution in [2.24, 2.45) is 5.73 Å². The van der Waals surface area contributed by atoms with Gasteiger partial charge in [-0.15, -0.1) is 0 Å². The molecule has 0 unspecified atom stereocenters. The molecule has 3 N–H and O–H groups in total. The predicted octanol–water partition coefficient (Wildman–Crippen LogP) is 2.84. The third-order valence-corrected chi connectivity index (χ3v) is 4.03. The first kappa shape index (κ1) is 14.6. The second-order valence-electron chi connectivity index (χ2n) is 4.39. The lowest BCUT2D eigenvalue weighted by Gasteiger charge is -2.09. The minimum Gasteiger partial charge on any atom is -0.487 e. The maximum Gasteiger partial charge on any atom is 0.131 e. The van der Waals surface area contributed by atoms with Gasteiger partial charge in [-0.3, -0.25) is 10.1 Å². The monoisotopic (exact) mass is 336 g/mol. The van der Waals surface area contributed by atoms with E-state index in [2.05, 4.69) is 21.0 Å². The third kappa shape index (κ3) is 3.01. The maximum atomic E-state index is 7.35. The van der Waals surface area contributed by atoms with Crippen molar-refractivity contribution >= 4 is 21.8 Å². The molecule has 0 fully saturated rings. The van der Waals surface area contributed by atoms with Gasteiger partial charge in [0.1, 0.15) is 18.2 Å². The average molecular weight is 337 g/mol. The number of aryl methyl sites for hydroxylation is 2. The number of nitrogens with one attached hydrogen (secondary N) is 1. The van der Waals surface area contributed by atoms with E-state index in [1.54, 1.807) is 12.1 Å². The van der Waals surface area contributed by atoms with Gasteiger partial charge in [-0.25, -0.2) is 0 Å². The van der Waals surface area contributed by atoms with Crippen molar-refractivity contribution in [1.29, 1.82) is 5.41 Å². The topological polar surface area (TPSA) is 76.9 Å². The number of rotatable bonds is 5. The smallest absolute Gasteiger partial charge is 0.131 e. The average Bonchev–Trinajstić information content (AvgIpc) is 2.72. The number of amidine groups is 1. The predicted molar refractivity (Wildman–Crippen MR) is 82.1 cm³/mol. The molecule has 6 heteroatoms. The highest BCUT2D eigenvalue weighted by Gasteiger charge is 2.12. The SMILES string of the molecule is CCn1nc(C)c(Br)c1COc1ccc(C(=N)N)cc1. The molecular formula is C14H17BrN4O. The van der Waals surface area contributed by atoms with Crippen LogP contribution >= 0.6 is 15.9 Å². The Morgan fingerprint density at radius 3 is 2.60 bits per heavy atom. The molecular weight excluding hydrogens is 320 g/mol. The van der Waals surface area contributed by atoms with Gasteiger partial charge in [-0.05, 0) is 54.0 Å². The highest BCUT2D eigenvalue weighted by Crippen LogP contribution is 2.23. The fourth-order valence-electron chi connectivity index (χ4n) is 1.89. The molecule has 1 aromatic carbocycles. The highest BCUT2D eigenvalue weighted by atomic mass is 79.9. The molecule has 0 bridgehead atoms. The van der Waals surface area contributed by atoms with E-state index in [0.717, 1.165) is 28.2 Å². The second-order valence-corrected chi connectivity index (χ2v) is 5.18. The zero-order valence-corrected chi connectivity index (χ0v) is 13.1. The van der Waals surface area contributed by atoms with Crippen LogP contribution in [0.5, 0.6) is 5.75 Å². The Labute approximate surface area is 126 Å². The Morgan fingerprint density at radius 1 is 1.40 bits per heavy atom. The van der Waals surface area contributed by atoms with E-state index >= 15 is 0 Å². The summed E-state index contributed by atoms with van der Waals surface area (Å²) < 4.78 is 8.67. The van der Waals surface area contributed by atoms with Crippen LogP contribution in [-0.4, -0.2) is 15.6 Å². The molecule has 20 heavy (non-hydrogen) atoms. The normalized spacial score (nSPS) is 10.6. The molecule has 1 aromatic heterocycles. The number of halogens is 1. The third-order valence-electron chi connectivity index (χ3n) is 2.99. The zero-order valence-electron chi connectivity index (χ0n) is 11.5. The molecule has 106 valence electrons. The van der Waals surface area contributed by atoms with Gasteiger partial charge in [0.05, 0.1) is 15.9 Å². The number of ether oxygens (including phenoxy) is 1. The molecule has 0 spiro atoms. The summed E-state index contributed by atoms with van der Waals surface area (Å²) in [7, 11) is 0.